The van der Waals surface area contributed by atoms with Gasteiger partial charge >= 0.3 is 0 Å². The standard InChI is InChI=1S/C15H24N2/c1-13-11-17(10-9-15(13)16(2)3)12-14-7-5-4-6-8-14/h4-8,13,15H,9-12H2,1-3H3/t13-,15-/m1/s1. The number of benzene rings is 1. The highest BCUT2D eigenvalue weighted by atomic mass is 15.2. The normalized spacial score (nSPS) is 26.4. The molecule has 1 aliphatic rings. The number of hydrogen-bond donors (Lipinski definition) is 0. The number of rotatable bonds is 3. The number of piperidine rings is 1. The topological polar surface area (TPSA) is 6.48 Å². The smallest absolute Gasteiger partial charge is 0.0233 e. The Kier molecular flexibility index (Phi) is 4.19. The van der Waals surface area contributed by atoms with E-state index in [4.69, 9.17) is 0 Å². The molecule has 0 aromatic heterocycles. The molecule has 2 atom stereocenters. The molecule has 0 spiro atoms. The van der Waals surface area contributed by atoms with Crippen LogP contribution in [0.5, 0.6) is 0 Å². The second-order valence-corrected chi connectivity index (χ2v) is 5.52. The van der Waals surface area contributed by atoms with Gasteiger partial charge in [-0.3, -0.25) is 4.90 Å². The van der Waals surface area contributed by atoms with Crippen molar-refractivity contribution in [2.45, 2.75) is 25.9 Å². The van der Waals surface area contributed by atoms with Gasteiger partial charge in [-0.1, -0.05) is 37.3 Å². The highest BCUT2D eigenvalue weighted by Gasteiger charge is 2.27. The highest BCUT2D eigenvalue weighted by molar-refractivity contribution is 5.14. The third-order valence-electron chi connectivity index (χ3n) is 3.86. The molecule has 0 N–H and O–H groups in total. The van der Waals surface area contributed by atoms with Gasteiger partial charge in [0.1, 0.15) is 0 Å². The van der Waals surface area contributed by atoms with E-state index in [0.717, 1.165) is 18.5 Å². The molecule has 1 heterocycles. The monoisotopic (exact) mass is 232 g/mol. The Hall–Kier alpha value is -0.860. The van der Waals surface area contributed by atoms with Crippen LogP contribution < -0.4 is 0 Å². The van der Waals surface area contributed by atoms with Crippen molar-refractivity contribution in [3.63, 3.8) is 0 Å². The molecule has 0 saturated carbocycles. The zero-order chi connectivity index (χ0) is 12.3. The molecule has 1 aromatic rings. The fraction of sp³-hybridized carbons (Fsp3) is 0.600. The summed E-state index contributed by atoms with van der Waals surface area (Å²) in [5.41, 5.74) is 1.43. The van der Waals surface area contributed by atoms with Crippen molar-refractivity contribution in [2.75, 3.05) is 27.2 Å². The molecule has 1 saturated heterocycles. The number of likely N-dealkylation sites (tertiary alicyclic amines) is 1. The van der Waals surface area contributed by atoms with E-state index in [0.29, 0.717) is 0 Å². The molecule has 2 nitrogen and oxygen atoms in total. The summed E-state index contributed by atoms with van der Waals surface area (Å²) in [6.07, 6.45) is 1.29. The van der Waals surface area contributed by atoms with Gasteiger partial charge in [0.15, 0.2) is 0 Å². The van der Waals surface area contributed by atoms with Crippen molar-refractivity contribution < 1.29 is 0 Å². The largest absolute Gasteiger partial charge is 0.306 e. The molecule has 0 radical (unpaired) electrons. The van der Waals surface area contributed by atoms with E-state index < -0.39 is 0 Å². The van der Waals surface area contributed by atoms with E-state index in [2.05, 4.69) is 61.2 Å². The van der Waals surface area contributed by atoms with Crippen molar-refractivity contribution in [1.29, 1.82) is 0 Å². The summed E-state index contributed by atoms with van der Waals surface area (Å²) in [5.74, 6) is 0.766. The maximum absolute atomic E-state index is 2.58. The molecule has 1 fully saturated rings. The van der Waals surface area contributed by atoms with E-state index in [1.54, 1.807) is 0 Å². The third-order valence-corrected chi connectivity index (χ3v) is 3.86. The first-order valence-electron chi connectivity index (χ1n) is 6.59. The summed E-state index contributed by atoms with van der Waals surface area (Å²) >= 11 is 0. The Morgan fingerprint density at radius 1 is 1.24 bits per heavy atom. The Bertz CT molecular complexity index is 334. The van der Waals surface area contributed by atoms with Crippen molar-refractivity contribution in [1.82, 2.24) is 9.80 Å². The minimum absolute atomic E-state index is 0.752. The summed E-state index contributed by atoms with van der Waals surface area (Å²) < 4.78 is 0. The summed E-state index contributed by atoms with van der Waals surface area (Å²) in [4.78, 5) is 4.96. The van der Waals surface area contributed by atoms with Crippen LogP contribution in [0.3, 0.4) is 0 Å². The van der Waals surface area contributed by atoms with Gasteiger partial charge in [0.25, 0.3) is 0 Å². The van der Waals surface area contributed by atoms with Crippen molar-refractivity contribution in [2.24, 2.45) is 5.92 Å². The lowest BCUT2D eigenvalue weighted by Crippen LogP contribution is -2.47. The van der Waals surface area contributed by atoms with Crippen LogP contribution in [0.2, 0.25) is 0 Å². The van der Waals surface area contributed by atoms with Gasteiger partial charge in [0.05, 0.1) is 0 Å². The molecule has 0 aliphatic carbocycles. The van der Waals surface area contributed by atoms with Crippen LogP contribution in [-0.4, -0.2) is 43.0 Å². The molecule has 2 rings (SSSR count). The van der Waals surface area contributed by atoms with Gasteiger partial charge in [-0.25, -0.2) is 0 Å². The summed E-state index contributed by atoms with van der Waals surface area (Å²) in [6.45, 7) is 5.92. The molecule has 0 unspecified atom stereocenters. The highest BCUT2D eigenvalue weighted by Crippen LogP contribution is 2.21. The Morgan fingerprint density at radius 2 is 1.94 bits per heavy atom. The fourth-order valence-electron chi connectivity index (χ4n) is 2.97. The third kappa shape index (κ3) is 3.30. The molecular formula is C15H24N2. The fourth-order valence-corrected chi connectivity index (χ4v) is 2.97. The molecule has 0 bridgehead atoms. The van der Waals surface area contributed by atoms with Gasteiger partial charge in [-0.05, 0) is 38.5 Å². The SMILES string of the molecule is C[C@@H]1CN(Cc2ccccc2)CC[C@H]1N(C)C. The van der Waals surface area contributed by atoms with Gasteiger partial charge in [-0.15, -0.1) is 0 Å². The van der Waals surface area contributed by atoms with Gasteiger partial charge in [0, 0.05) is 19.1 Å². The molecule has 1 aliphatic heterocycles. The first-order valence-corrected chi connectivity index (χ1v) is 6.59. The molecule has 1 aromatic carbocycles. The lowest BCUT2D eigenvalue weighted by molar-refractivity contribution is 0.0898. The second-order valence-electron chi connectivity index (χ2n) is 5.52. The predicted octanol–water partition coefficient (Wildman–Crippen LogP) is 2.46. The zero-order valence-corrected chi connectivity index (χ0v) is 11.3. The predicted molar refractivity (Wildman–Crippen MR) is 73.0 cm³/mol. The molecule has 17 heavy (non-hydrogen) atoms. The minimum atomic E-state index is 0.752. The zero-order valence-electron chi connectivity index (χ0n) is 11.3. The van der Waals surface area contributed by atoms with Crippen LogP contribution in [0, 0.1) is 5.92 Å². The van der Waals surface area contributed by atoms with Crippen molar-refractivity contribution >= 4 is 0 Å². The Morgan fingerprint density at radius 3 is 2.53 bits per heavy atom. The van der Waals surface area contributed by atoms with Crippen LogP contribution in [-0.2, 0) is 6.54 Å². The van der Waals surface area contributed by atoms with E-state index in [1.807, 2.05) is 0 Å². The van der Waals surface area contributed by atoms with Crippen LogP contribution in [0.4, 0.5) is 0 Å². The van der Waals surface area contributed by atoms with Crippen LogP contribution >= 0.6 is 0 Å². The second kappa shape index (κ2) is 5.65. The van der Waals surface area contributed by atoms with E-state index in [-0.39, 0.29) is 0 Å². The Labute approximate surface area is 105 Å². The lowest BCUT2D eigenvalue weighted by Gasteiger charge is -2.40. The van der Waals surface area contributed by atoms with E-state index in [9.17, 15) is 0 Å². The first-order chi connectivity index (χ1) is 8.16. The molecular weight excluding hydrogens is 208 g/mol. The summed E-state index contributed by atoms with van der Waals surface area (Å²) in [5, 5.41) is 0. The average Bonchev–Trinajstić information content (AvgIpc) is 2.30. The average molecular weight is 232 g/mol. The molecule has 94 valence electrons. The van der Waals surface area contributed by atoms with Gasteiger partial charge < -0.3 is 4.90 Å². The molecule has 0 amide bonds. The van der Waals surface area contributed by atoms with Crippen molar-refractivity contribution in [3.8, 4) is 0 Å². The van der Waals surface area contributed by atoms with E-state index >= 15 is 0 Å². The molecule has 2 heteroatoms. The summed E-state index contributed by atoms with van der Waals surface area (Å²) in [7, 11) is 4.40. The van der Waals surface area contributed by atoms with E-state index in [1.165, 1.54) is 25.1 Å². The van der Waals surface area contributed by atoms with Crippen LogP contribution in [0.25, 0.3) is 0 Å². The lowest BCUT2D eigenvalue weighted by atomic mass is 9.93. The van der Waals surface area contributed by atoms with Gasteiger partial charge in [-0.2, -0.15) is 0 Å². The maximum atomic E-state index is 2.58. The first kappa shape index (κ1) is 12.6. The maximum Gasteiger partial charge on any atom is 0.0233 e. The van der Waals surface area contributed by atoms with Crippen LogP contribution in [0.15, 0.2) is 30.3 Å². The quantitative estimate of drug-likeness (QED) is 0.790. The summed E-state index contributed by atoms with van der Waals surface area (Å²) in [6, 6.07) is 11.5. The van der Waals surface area contributed by atoms with Crippen LogP contribution in [0.1, 0.15) is 18.9 Å². The minimum Gasteiger partial charge on any atom is -0.306 e. The van der Waals surface area contributed by atoms with Gasteiger partial charge in [0.2, 0.25) is 0 Å². The Balaban J connectivity index is 1.90. The number of hydrogen-bond acceptors (Lipinski definition) is 2. The number of nitrogens with zero attached hydrogens (tertiary/aromatic N) is 2. The van der Waals surface area contributed by atoms with Crippen molar-refractivity contribution in [3.05, 3.63) is 35.9 Å².